The zero-order chi connectivity index (χ0) is 17.8. The molecule has 0 saturated carbocycles. The number of hydrogen-bond donors (Lipinski definition) is 2. The molecule has 0 atom stereocenters. The zero-order valence-corrected chi connectivity index (χ0v) is 14.0. The van der Waals surface area contributed by atoms with Gasteiger partial charge in [0.05, 0.1) is 0 Å². The highest BCUT2D eigenvalue weighted by atomic mass is 19.1. The standard InChI is InChI=1S/C18H18FN5O/c1-12-20-17(23-22-12)14-5-9-16(10-6-14)21-18(25)24(2)11-13-3-7-15(19)8-4-13/h3-10H,11H2,1-2H3,(H,21,25)(H,20,22,23). The van der Waals surface area contributed by atoms with Gasteiger partial charge in [-0.2, -0.15) is 5.10 Å². The molecule has 0 aliphatic rings. The first-order chi connectivity index (χ1) is 12.0. The molecule has 2 amide bonds. The number of hydrogen-bond acceptors (Lipinski definition) is 3. The molecule has 1 aromatic heterocycles. The number of benzene rings is 2. The Bertz CT molecular complexity index is 858. The van der Waals surface area contributed by atoms with Crippen LogP contribution in [0.25, 0.3) is 11.4 Å². The maximum atomic E-state index is 12.9. The number of halogens is 1. The monoisotopic (exact) mass is 339 g/mol. The van der Waals surface area contributed by atoms with Crippen molar-refractivity contribution in [3.8, 4) is 11.4 Å². The predicted molar refractivity (Wildman–Crippen MR) is 93.4 cm³/mol. The number of aromatic amines is 1. The van der Waals surface area contributed by atoms with Crippen molar-refractivity contribution in [2.24, 2.45) is 0 Å². The number of nitrogens with zero attached hydrogens (tertiary/aromatic N) is 3. The van der Waals surface area contributed by atoms with Gasteiger partial charge in [-0.1, -0.05) is 12.1 Å². The molecule has 0 spiro atoms. The summed E-state index contributed by atoms with van der Waals surface area (Å²) in [7, 11) is 1.68. The number of urea groups is 1. The second-order valence-corrected chi connectivity index (χ2v) is 5.73. The van der Waals surface area contributed by atoms with Crippen LogP contribution in [0, 0.1) is 12.7 Å². The Kier molecular flexibility index (Phi) is 4.74. The van der Waals surface area contributed by atoms with E-state index in [0.29, 0.717) is 18.1 Å². The van der Waals surface area contributed by atoms with Crippen LogP contribution in [0.1, 0.15) is 11.4 Å². The molecule has 6 nitrogen and oxygen atoms in total. The molecule has 25 heavy (non-hydrogen) atoms. The number of carbonyl (C=O) groups is 1. The topological polar surface area (TPSA) is 73.9 Å². The van der Waals surface area contributed by atoms with Gasteiger partial charge in [0, 0.05) is 24.8 Å². The van der Waals surface area contributed by atoms with Gasteiger partial charge in [-0.15, -0.1) is 0 Å². The summed E-state index contributed by atoms with van der Waals surface area (Å²) in [5, 5.41) is 9.72. The van der Waals surface area contributed by atoms with Gasteiger partial charge in [-0.3, -0.25) is 5.10 Å². The molecule has 0 fully saturated rings. The smallest absolute Gasteiger partial charge is 0.321 e. The molecule has 0 radical (unpaired) electrons. The average molecular weight is 339 g/mol. The van der Waals surface area contributed by atoms with Crippen LogP contribution in [-0.2, 0) is 6.54 Å². The number of H-pyrrole nitrogens is 1. The first-order valence-electron chi connectivity index (χ1n) is 7.77. The van der Waals surface area contributed by atoms with Crippen LogP contribution >= 0.6 is 0 Å². The summed E-state index contributed by atoms with van der Waals surface area (Å²) in [4.78, 5) is 18.0. The van der Waals surface area contributed by atoms with Crippen LogP contribution in [-0.4, -0.2) is 33.2 Å². The highest BCUT2D eigenvalue weighted by molar-refractivity contribution is 5.89. The van der Waals surface area contributed by atoms with Gasteiger partial charge < -0.3 is 10.2 Å². The third-order valence-electron chi connectivity index (χ3n) is 3.67. The first kappa shape index (κ1) is 16.6. The molecule has 0 aliphatic heterocycles. The maximum Gasteiger partial charge on any atom is 0.321 e. The van der Waals surface area contributed by atoms with Crippen molar-refractivity contribution in [3.05, 3.63) is 65.7 Å². The zero-order valence-electron chi connectivity index (χ0n) is 14.0. The van der Waals surface area contributed by atoms with Crippen molar-refractivity contribution in [1.82, 2.24) is 20.1 Å². The van der Waals surface area contributed by atoms with E-state index in [-0.39, 0.29) is 11.8 Å². The summed E-state index contributed by atoms with van der Waals surface area (Å²) < 4.78 is 12.9. The van der Waals surface area contributed by atoms with Crippen molar-refractivity contribution in [2.45, 2.75) is 13.5 Å². The Balaban J connectivity index is 1.61. The fourth-order valence-electron chi connectivity index (χ4n) is 2.33. The van der Waals surface area contributed by atoms with Crippen LogP contribution in [0.5, 0.6) is 0 Å². The van der Waals surface area contributed by atoms with Crippen LogP contribution < -0.4 is 5.32 Å². The lowest BCUT2D eigenvalue weighted by atomic mass is 10.2. The summed E-state index contributed by atoms with van der Waals surface area (Å²) >= 11 is 0. The summed E-state index contributed by atoms with van der Waals surface area (Å²) in [6.45, 7) is 2.22. The second-order valence-electron chi connectivity index (χ2n) is 5.73. The SMILES string of the molecule is Cc1nc(-c2ccc(NC(=O)N(C)Cc3ccc(F)cc3)cc2)n[nH]1. The molecule has 3 rings (SSSR count). The molecule has 1 heterocycles. The number of carbonyl (C=O) groups excluding carboxylic acids is 1. The van der Waals surface area contributed by atoms with Crippen molar-refractivity contribution in [2.75, 3.05) is 12.4 Å². The minimum atomic E-state index is -0.294. The van der Waals surface area contributed by atoms with Crippen molar-refractivity contribution >= 4 is 11.7 Å². The highest BCUT2D eigenvalue weighted by Crippen LogP contribution is 2.18. The lowest BCUT2D eigenvalue weighted by molar-refractivity contribution is 0.220. The van der Waals surface area contributed by atoms with E-state index in [9.17, 15) is 9.18 Å². The lowest BCUT2D eigenvalue weighted by Gasteiger charge is -2.18. The summed E-state index contributed by atoms with van der Waals surface area (Å²) in [5.41, 5.74) is 2.39. The van der Waals surface area contributed by atoms with Gasteiger partial charge in [-0.25, -0.2) is 14.2 Å². The Morgan fingerprint density at radius 3 is 2.44 bits per heavy atom. The third-order valence-corrected chi connectivity index (χ3v) is 3.67. The fraction of sp³-hybridized carbons (Fsp3) is 0.167. The summed E-state index contributed by atoms with van der Waals surface area (Å²) in [6.07, 6.45) is 0. The maximum absolute atomic E-state index is 12.9. The number of aryl methyl sites for hydroxylation is 1. The second kappa shape index (κ2) is 7.12. The third kappa shape index (κ3) is 4.20. The summed E-state index contributed by atoms with van der Waals surface area (Å²) in [5.74, 6) is 1.07. The van der Waals surface area contributed by atoms with Gasteiger partial charge in [-0.05, 0) is 48.9 Å². The van der Waals surface area contributed by atoms with Gasteiger partial charge in [0.2, 0.25) is 0 Å². The van der Waals surface area contributed by atoms with Crippen LogP contribution in [0.4, 0.5) is 14.9 Å². The van der Waals surface area contributed by atoms with Gasteiger partial charge in [0.1, 0.15) is 11.6 Å². The molecule has 7 heteroatoms. The van der Waals surface area contributed by atoms with E-state index in [1.807, 2.05) is 19.1 Å². The van der Waals surface area contributed by atoms with E-state index in [2.05, 4.69) is 20.5 Å². The van der Waals surface area contributed by atoms with E-state index < -0.39 is 0 Å². The van der Waals surface area contributed by atoms with E-state index >= 15 is 0 Å². The predicted octanol–water partition coefficient (Wildman–Crippen LogP) is 3.58. The van der Waals surface area contributed by atoms with Crippen molar-refractivity contribution < 1.29 is 9.18 Å². The van der Waals surface area contributed by atoms with E-state index in [4.69, 9.17) is 0 Å². The Hall–Kier alpha value is -3.22. The lowest BCUT2D eigenvalue weighted by Crippen LogP contribution is -2.30. The molecular formula is C18H18FN5O. The van der Waals surface area contributed by atoms with Crippen molar-refractivity contribution in [3.63, 3.8) is 0 Å². The average Bonchev–Trinajstić information content (AvgIpc) is 3.04. The molecule has 2 N–H and O–H groups in total. The van der Waals surface area contributed by atoms with Crippen LogP contribution in [0.2, 0.25) is 0 Å². The molecule has 128 valence electrons. The Morgan fingerprint density at radius 2 is 1.84 bits per heavy atom. The number of anilines is 1. The molecule has 0 saturated heterocycles. The van der Waals surface area contributed by atoms with E-state index in [1.165, 1.54) is 17.0 Å². The quantitative estimate of drug-likeness (QED) is 0.763. The molecule has 0 unspecified atom stereocenters. The minimum Gasteiger partial charge on any atom is -0.323 e. The van der Waals surface area contributed by atoms with Crippen molar-refractivity contribution in [1.29, 1.82) is 0 Å². The summed E-state index contributed by atoms with van der Waals surface area (Å²) in [6, 6.07) is 13.1. The minimum absolute atomic E-state index is 0.245. The van der Waals surface area contributed by atoms with Gasteiger partial charge in [0.25, 0.3) is 0 Å². The highest BCUT2D eigenvalue weighted by Gasteiger charge is 2.10. The van der Waals surface area contributed by atoms with Crippen LogP contribution in [0.15, 0.2) is 48.5 Å². The largest absolute Gasteiger partial charge is 0.323 e. The number of nitrogens with one attached hydrogen (secondary N) is 2. The number of amides is 2. The normalized spacial score (nSPS) is 10.5. The first-order valence-corrected chi connectivity index (χ1v) is 7.77. The Morgan fingerprint density at radius 1 is 1.16 bits per heavy atom. The fourth-order valence-corrected chi connectivity index (χ4v) is 2.33. The molecule has 0 bridgehead atoms. The van der Waals surface area contributed by atoms with Gasteiger partial charge in [0.15, 0.2) is 5.82 Å². The molecule has 3 aromatic rings. The number of aromatic nitrogens is 3. The molecular weight excluding hydrogens is 321 g/mol. The molecule has 0 aliphatic carbocycles. The van der Waals surface area contributed by atoms with Gasteiger partial charge >= 0.3 is 6.03 Å². The molecule has 2 aromatic carbocycles. The Labute approximate surface area is 144 Å². The van der Waals surface area contributed by atoms with E-state index in [0.717, 1.165) is 17.0 Å². The van der Waals surface area contributed by atoms with Crippen LogP contribution in [0.3, 0.4) is 0 Å². The number of rotatable bonds is 4. The van der Waals surface area contributed by atoms with E-state index in [1.54, 1.807) is 31.3 Å².